The van der Waals surface area contributed by atoms with E-state index in [0.717, 1.165) is 26.1 Å². The summed E-state index contributed by atoms with van der Waals surface area (Å²) >= 11 is 0. The zero-order valence-electron chi connectivity index (χ0n) is 12.7. The monoisotopic (exact) mass is 261 g/mol. The van der Waals surface area contributed by atoms with E-state index in [0.29, 0.717) is 6.04 Å². The molecule has 2 rings (SSSR count). The van der Waals surface area contributed by atoms with Crippen molar-refractivity contribution in [2.45, 2.75) is 38.8 Å². The van der Waals surface area contributed by atoms with E-state index in [9.17, 15) is 0 Å². The Morgan fingerprint density at radius 3 is 2.47 bits per heavy atom. The highest BCUT2D eigenvalue weighted by Gasteiger charge is 2.36. The number of benzene rings is 1. The Balaban J connectivity index is 2.25. The standard InChI is InChI=1S/C16H27N3/c1-13-5-7-14(8-6-13)19-12-16(2,3)18(4)11-15(19)9-10-17/h5-8,15H,9-12,17H2,1-4H3. The zero-order valence-corrected chi connectivity index (χ0v) is 12.7. The number of rotatable bonds is 3. The van der Waals surface area contributed by atoms with Gasteiger partial charge in [0, 0.05) is 30.4 Å². The summed E-state index contributed by atoms with van der Waals surface area (Å²) in [5.74, 6) is 0. The van der Waals surface area contributed by atoms with Crippen molar-refractivity contribution in [3.05, 3.63) is 29.8 Å². The summed E-state index contributed by atoms with van der Waals surface area (Å²) in [7, 11) is 2.22. The van der Waals surface area contributed by atoms with Gasteiger partial charge >= 0.3 is 0 Å². The largest absolute Gasteiger partial charge is 0.365 e. The lowest BCUT2D eigenvalue weighted by molar-refractivity contribution is 0.113. The first-order valence-corrected chi connectivity index (χ1v) is 7.18. The summed E-state index contributed by atoms with van der Waals surface area (Å²) in [5, 5.41) is 0. The van der Waals surface area contributed by atoms with E-state index in [1.807, 2.05) is 0 Å². The summed E-state index contributed by atoms with van der Waals surface area (Å²) < 4.78 is 0. The molecule has 1 aromatic rings. The molecule has 1 atom stereocenters. The Hall–Kier alpha value is -1.06. The van der Waals surface area contributed by atoms with E-state index in [4.69, 9.17) is 5.73 Å². The van der Waals surface area contributed by atoms with Crippen LogP contribution >= 0.6 is 0 Å². The Morgan fingerprint density at radius 1 is 1.26 bits per heavy atom. The molecule has 1 unspecified atom stereocenters. The molecule has 0 radical (unpaired) electrons. The molecule has 0 amide bonds. The van der Waals surface area contributed by atoms with Crippen molar-refractivity contribution in [2.75, 3.05) is 31.6 Å². The molecule has 19 heavy (non-hydrogen) atoms. The third-order valence-electron chi connectivity index (χ3n) is 4.38. The van der Waals surface area contributed by atoms with Gasteiger partial charge < -0.3 is 10.6 Å². The second kappa shape index (κ2) is 5.51. The van der Waals surface area contributed by atoms with E-state index in [2.05, 4.69) is 61.9 Å². The van der Waals surface area contributed by atoms with Crippen molar-refractivity contribution in [1.82, 2.24) is 4.90 Å². The van der Waals surface area contributed by atoms with Crippen LogP contribution in [-0.2, 0) is 0 Å². The summed E-state index contributed by atoms with van der Waals surface area (Å²) in [6.45, 7) is 9.64. The van der Waals surface area contributed by atoms with Crippen LogP contribution in [0.15, 0.2) is 24.3 Å². The molecular weight excluding hydrogens is 234 g/mol. The maximum atomic E-state index is 5.79. The quantitative estimate of drug-likeness (QED) is 0.906. The smallest absolute Gasteiger partial charge is 0.0430 e. The lowest BCUT2D eigenvalue weighted by Gasteiger charge is -2.51. The zero-order chi connectivity index (χ0) is 14.0. The average molecular weight is 261 g/mol. The molecule has 3 heteroatoms. The van der Waals surface area contributed by atoms with Crippen LogP contribution in [0.1, 0.15) is 25.8 Å². The Bertz CT molecular complexity index is 411. The number of aryl methyl sites for hydroxylation is 1. The number of nitrogens with two attached hydrogens (primary N) is 1. The first-order chi connectivity index (χ1) is 8.94. The number of hydrogen-bond acceptors (Lipinski definition) is 3. The molecule has 0 aliphatic carbocycles. The summed E-state index contributed by atoms with van der Waals surface area (Å²) in [5.41, 5.74) is 8.63. The summed E-state index contributed by atoms with van der Waals surface area (Å²) in [6, 6.07) is 9.38. The third kappa shape index (κ3) is 3.10. The lowest BCUT2D eigenvalue weighted by Crippen LogP contribution is -2.62. The van der Waals surface area contributed by atoms with Gasteiger partial charge in [0.05, 0.1) is 0 Å². The fraction of sp³-hybridized carbons (Fsp3) is 0.625. The molecule has 1 saturated heterocycles. The first-order valence-electron chi connectivity index (χ1n) is 7.18. The van der Waals surface area contributed by atoms with E-state index >= 15 is 0 Å². The average Bonchev–Trinajstić information content (AvgIpc) is 2.35. The Kier molecular flexibility index (Phi) is 4.16. The molecule has 1 fully saturated rings. The van der Waals surface area contributed by atoms with E-state index in [1.54, 1.807) is 0 Å². The number of anilines is 1. The Labute approximate surface area is 117 Å². The van der Waals surface area contributed by atoms with Crippen LogP contribution < -0.4 is 10.6 Å². The van der Waals surface area contributed by atoms with Crippen LogP contribution in [-0.4, -0.2) is 43.2 Å². The highest BCUT2D eigenvalue weighted by molar-refractivity contribution is 5.49. The van der Waals surface area contributed by atoms with Gasteiger partial charge in [-0.1, -0.05) is 17.7 Å². The maximum absolute atomic E-state index is 5.79. The van der Waals surface area contributed by atoms with Gasteiger partial charge in [-0.25, -0.2) is 0 Å². The summed E-state index contributed by atoms with van der Waals surface area (Å²) in [4.78, 5) is 4.99. The minimum absolute atomic E-state index is 0.204. The number of likely N-dealkylation sites (N-methyl/N-ethyl adjacent to an activating group) is 1. The fourth-order valence-corrected chi connectivity index (χ4v) is 2.81. The van der Waals surface area contributed by atoms with Crippen molar-refractivity contribution in [3.63, 3.8) is 0 Å². The van der Waals surface area contributed by atoms with Gasteiger partial charge in [-0.2, -0.15) is 0 Å². The van der Waals surface area contributed by atoms with Gasteiger partial charge in [-0.3, -0.25) is 4.90 Å². The van der Waals surface area contributed by atoms with Crippen LogP contribution in [0.4, 0.5) is 5.69 Å². The van der Waals surface area contributed by atoms with Crippen molar-refractivity contribution in [3.8, 4) is 0 Å². The number of nitrogens with zero attached hydrogens (tertiary/aromatic N) is 2. The Morgan fingerprint density at radius 2 is 1.89 bits per heavy atom. The van der Waals surface area contributed by atoms with Gasteiger partial charge in [-0.05, 0) is 52.9 Å². The fourth-order valence-electron chi connectivity index (χ4n) is 2.81. The van der Waals surface area contributed by atoms with Crippen molar-refractivity contribution < 1.29 is 0 Å². The molecule has 1 aliphatic rings. The predicted molar refractivity (Wildman–Crippen MR) is 82.7 cm³/mol. The molecule has 0 aromatic heterocycles. The van der Waals surface area contributed by atoms with Crippen LogP contribution in [0.25, 0.3) is 0 Å². The van der Waals surface area contributed by atoms with Gasteiger partial charge in [0.1, 0.15) is 0 Å². The molecular formula is C16H27N3. The molecule has 0 spiro atoms. The highest BCUT2D eigenvalue weighted by atomic mass is 15.3. The summed E-state index contributed by atoms with van der Waals surface area (Å²) in [6.07, 6.45) is 1.05. The normalized spacial score (nSPS) is 23.6. The second-order valence-electron chi connectivity index (χ2n) is 6.39. The predicted octanol–water partition coefficient (Wildman–Crippen LogP) is 2.24. The number of piperazine rings is 1. The molecule has 3 nitrogen and oxygen atoms in total. The lowest BCUT2D eigenvalue weighted by atomic mass is 9.94. The molecule has 1 heterocycles. The maximum Gasteiger partial charge on any atom is 0.0430 e. The molecule has 106 valence electrons. The minimum Gasteiger partial charge on any atom is -0.365 e. The van der Waals surface area contributed by atoms with E-state index in [1.165, 1.54) is 11.3 Å². The number of hydrogen-bond donors (Lipinski definition) is 1. The molecule has 1 aromatic carbocycles. The molecule has 0 saturated carbocycles. The SMILES string of the molecule is Cc1ccc(N2CC(C)(C)N(C)CC2CCN)cc1. The van der Waals surface area contributed by atoms with Crippen LogP contribution in [0.5, 0.6) is 0 Å². The first kappa shape index (κ1) is 14.4. The third-order valence-corrected chi connectivity index (χ3v) is 4.38. The van der Waals surface area contributed by atoms with Crippen LogP contribution in [0.2, 0.25) is 0 Å². The van der Waals surface area contributed by atoms with Gasteiger partial charge in [0.15, 0.2) is 0 Å². The van der Waals surface area contributed by atoms with Crippen LogP contribution in [0, 0.1) is 6.92 Å². The van der Waals surface area contributed by atoms with Gasteiger partial charge in [-0.15, -0.1) is 0 Å². The second-order valence-corrected chi connectivity index (χ2v) is 6.39. The minimum atomic E-state index is 0.204. The van der Waals surface area contributed by atoms with Crippen molar-refractivity contribution >= 4 is 5.69 Å². The van der Waals surface area contributed by atoms with E-state index in [-0.39, 0.29) is 5.54 Å². The topological polar surface area (TPSA) is 32.5 Å². The van der Waals surface area contributed by atoms with Crippen LogP contribution in [0.3, 0.4) is 0 Å². The highest BCUT2D eigenvalue weighted by Crippen LogP contribution is 2.29. The molecule has 2 N–H and O–H groups in total. The molecule has 1 aliphatic heterocycles. The molecule has 0 bridgehead atoms. The van der Waals surface area contributed by atoms with Gasteiger partial charge in [0.2, 0.25) is 0 Å². The van der Waals surface area contributed by atoms with Gasteiger partial charge in [0.25, 0.3) is 0 Å². The van der Waals surface area contributed by atoms with Crippen molar-refractivity contribution in [1.29, 1.82) is 0 Å². The van der Waals surface area contributed by atoms with Crippen molar-refractivity contribution in [2.24, 2.45) is 5.73 Å². The van der Waals surface area contributed by atoms with E-state index < -0.39 is 0 Å².